The van der Waals surface area contributed by atoms with E-state index in [4.69, 9.17) is 21.5 Å². The summed E-state index contributed by atoms with van der Waals surface area (Å²) < 4.78 is 0. The van der Waals surface area contributed by atoms with Gasteiger partial charge in [-0.15, -0.1) is 0 Å². The van der Waals surface area contributed by atoms with Crippen LogP contribution in [0.2, 0.25) is 5.02 Å². The number of carbonyl (C=O) groups is 1. The molecular weight excluding hydrogens is 230 g/mol. The van der Waals surface area contributed by atoms with Crippen molar-refractivity contribution in [2.75, 3.05) is 0 Å². The van der Waals surface area contributed by atoms with Crippen LogP contribution < -0.4 is 0 Å². The minimum absolute atomic E-state index is 0.273. The zero-order chi connectivity index (χ0) is 11.7. The van der Waals surface area contributed by atoms with Crippen LogP contribution in [0.4, 0.5) is 0 Å². The minimum Gasteiger partial charge on any atom is -0.478 e. The third kappa shape index (κ3) is 2.02. The molecule has 1 unspecified atom stereocenters. The van der Waals surface area contributed by atoms with Gasteiger partial charge in [0.05, 0.1) is 5.71 Å². The van der Waals surface area contributed by atoms with E-state index in [9.17, 15) is 4.79 Å². The van der Waals surface area contributed by atoms with Crippen molar-refractivity contribution in [1.29, 1.82) is 0 Å². The number of aliphatic carboxylic acids is 1. The van der Waals surface area contributed by atoms with E-state index in [0.29, 0.717) is 10.7 Å². The van der Waals surface area contributed by atoms with Crippen molar-refractivity contribution in [3.05, 3.63) is 34.3 Å². The van der Waals surface area contributed by atoms with E-state index in [2.05, 4.69) is 5.16 Å². The molecule has 1 aliphatic rings. The second kappa shape index (κ2) is 4.14. The molecule has 0 aliphatic carbocycles. The van der Waals surface area contributed by atoms with E-state index < -0.39 is 12.1 Å². The molecule has 2 rings (SSSR count). The van der Waals surface area contributed by atoms with Crippen LogP contribution in [0.3, 0.4) is 0 Å². The van der Waals surface area contributed by atoms with Crippen molar-refractivity contribution < 1.29 is 14.7 Å². The van der Waals surface area contributed by atoms with Gasteiger partial charge in [-0.05, 0) is 18.6 Å². The topological polar surface area (TPSA) is 58.9 Å². The molecule has 1 atom stereocenters. The molecule has 0 amide bonds. The van der Waals surface area contributed by atoms with Gasteiger partial charge in [0, 0.05) is 17.0 Å². The fraction of sp³-hybridized carbons (Fsp3) is 0.273. The largest absolute Gasteiger partial charge is 0.478 e. The average molecular weight is 240 g/mol. The van der Waals surface area contributed by atoms with Crippen LogP contribution in [0, 0.1) is 6.92 Å². The molecule has 0 bridgehead atoms. The molecular formula is C11H10ClNO3. The minimum atomic E-state index is -1.00. The second-order valence-electron chi connectivity index (χ2n) is 3.64. The monoisotopic (exact) mass is 239 g/mol. The lowest BCUT2D eigenvalue weighted by molar-refractivity contribution is -0.148. The number of oxime groups is 1. The van der Waals surface area contributed by atoms with E-state index in [1.165, 1.54) is 0 Å². The molecule has 84 valence electrons. The van der Waals surface area contributed by atoms with Gasteiger partial charge in [-0.3, -0.25) is 0 Å². The Morgan fingerprint density at radius 2 is 2.38 bits per heavy atom. The van der Waals surface area contributed by atoms with E-state index in [1.807, 2.05) is 19.1 Å². The summed E-state index contributed by atoms with van der Waals surface area (Å²) in [6, 6.07) is 5.49. The molecule has 5 heteroatoms. The first-order chi connectivity index (χ1) is 7.58. The van der Waals surface area contributed by atoms with Gasteiger partial charge in [0.2, 0.25) is 6.10 Å². The normalized spacial score (nSPS) is 19.1. The van der Waals surface area contributed by atoms with Crippen molar-refractivity contribution in [3.8, 4) is 0 Å². The van der Waals surface area contributed by atoms with Gasteiger partial charge in [-0.25, -0.2) is 4.79 Å². The summed E-state index contributed by atoms with van der Waals surface area (Å²) in [4.78, 5) is 15.5. The molecule has 1 aromatic carbocycles. The van der Waals surface area contributed by atoms with Crippen molar-refractivity contribution in [2.24, 2.45) is 5.16 Å². The Kier molecular flexibility index (Phi) is 2.83. The highest BCUT2D eigenvalue weighted by Gasteiger charge is 2.28. The standard InChI is InChI=1S/C11H10ClNO3/c1-6-2-3-7(4-8(6)12)9-5-10(11(14)15)16-13-9/h2-4,10H,5H2,1H3,(H,14,15). The van der Waals surface area contributed by atoms with Crippen molar-refractivity contribution >= 4 is 23.3 Å². The van der Waals surface area contributed by atoms with Crippen LogP contribution in [-0.2, 0) is 9.63 Å². The number of hydrogen-bond donors (Lipinski definition) is 1. The van der Waals surface area contributed by atoms with Crippen LogP contribution in [0.15, 0.2) is 23.4 Å². The molecule has 1 heterocycles. The number of hydrogen-bond acceptors (Lipinski definition) is 3. The fourth-order valence-corrected chi connectivity index (χ4v) is 1.63. The second-order valence-corrected chi connectivity index (χ2v) is 4.05. The molecule has 1 N–H and O–H groups in total. The zero-order valence-corrected chi connectivity index (χ0v) is 9.36. The molecule has 0 radical (unpaired) electrons. The summed E-state index contributed by atoms with van der Waals surface area (Å²) in [5.74, 6) is -1.00. The number of aryl methyl sites for hydroxylation is 1. The van der Waals surface area contributed by atoms with Crippen LogP contribution in [0.1, 0.15) is 17.5 Å². The van der Waals surface area contributed by atoms with E-state index in [-0.39, 0.29) is 6.42 Å². The molecule has 0 aromatic heterocycles. The Balaban J connectivity index is 2.21. The number of nitrogens with zero attached hydrogens (tertiary/aromatic N) is 1. The maximum atomic E-state index is 10.7. The Morgan fingerprint density at radius 3 is 2.94 bits per heavy atom. The van der Waals surface area contributed by atoms with Crippen molar-refractivity contribution in [1.82, 2.24) is 0 Å². The Labute approximate surface area is 97.5 Å². The zero-order valence-electron chi connectivity index (χ0n) is 8.61. The van der Waals surface area contributed by atoms with Crippen molar-refractivity contribution in [3.63, 3.8) is 0 Å². The maximum Gasteiger partial charge on any atom is 0.348 e. The van der Waals surface area contributed by atoms with Gasteiger partial charge in [0.15, 0.2) is 0 Å². The summed E-state index contributed by atoms with van der Waals surface area (Å²) in [5.41, 5.74) is 2.40. The summed E-state index contributed by atoms with van der Waals surface area (Å²) in [6.07, 6.45) is -0.607. The quantitative estimate of drug-likeness (QED) is 0.861. The number of rotatable bonds is 2. The lowest BCUT2D eigenvalue weighted by Gasteiger charge is -2.02. The van der Waals surface area contributed by atoms with Gasteiger partial charge >= 0.3 is 5.97 Å². The van der Waals surface area contributed by atoms with E-state index >= 15 is 0 Å². The number of carboxylic acids is 1. The van der Waals surface area contributed by atoms with Gasteiger partial charge in [0.25, 0.3) is 0 Å². The Morgan fingerprint density at radius 1 is 1.62 bits per heavy atom. The SMILES string of the molecule is Cc1ccc(C2=NOC(C(=O)O)C2)cc1Cl. The number of carboxylic acid groups (broad SMARTS) is 1. The highest BCUT2D eigenvalue weighted by molar-refractivity contribution is 6.31. The Hall–Kier alpha value is -1.55. The summed E-state index contributed by atoms with van der Waals surface area (Å²) >= 11 is 5.98. The van der Waals surface area contributed by atoms with Gasteiger partial charge in [-0.2, -0.15) is 0 Å². The number of benzene rings is 1. The van der Waals surface area contributed by atoms with E-state index in [0.717, 1.165) is 11.1 Å². The molecule has 1 aromatic rings. The fourth-order valence-electron chi connectivity index (χ4n) is 1.45. The van der Waals surface area contributed by atoms with Gasteiger partial charge < -0.3 is 9.94 Å². The molecule has 0 fully saturated rings. The Bertz CT molecular complexity index is 470. The van der Waals surface area contributed by atoms with Gasteiger partial charge in [0.1, 0.15) is 0 Å². The summed E-state index contributed by atoms with van der Waals surface area (Å²) in [6.45, 7) is 1.90. The first-order valence-corrected chi connectivity index (χ1v) is 5.18. The van der Waals surface area contributed by atoms with Crippen LogP contribution in [0.25, 0.3) is 0 Å². The number of halogens is 1. The third-order valence-electron chi connectivity index (χ3n) is 2.45. The van der Waals surface area contributed by atoms with Crippen LogP contribution in [0.5, 0.6) is 0 Å². The molecule has 0 saturated heterocycles. The smallest absolute Gasteiger partial charge is 0.348 e. The van der Waals surface area contributed by atoms with Gasteiger partial charge in [-0.1, -0.05) is 28.9 Å². The first-order valence-electron chi connectivity index (χ1n) is 4.80. The van der Waals surface area contributed by atoms with Crippen molar-refractivity contribution in [2.45, 2.75) is 19.4 Å². The summed E-state index contributed by atoms with van der Waals surface area (Å²) in [7, 11) is 0. The van der Waals surface area contributed by atoms with E-state index in [1.54, 1.807) is 6.07 Å². The third-order valence-corrected chi connectivity index (χ3v) is 2.86. The molecule has 0 spiro atoms. The molecule has 16 heavy (non-hydrogen) atoms. The molecule has 1 aliphatic heterocycles. The van der Waals surface area contributed by atoms with Crippen LogP contribution in [-0.4, -0.2) is 22.9 Å². The molecule has 4 nitrogen and oxygen atoms in total. The lowest BCUT2D eigenvalue weighted by atomic mass is 10.0. The molecule has 0 saturated carbocycles. The highest BCUT2D eigenvalue weighted by Crippen LogP contribution is 2.21. The first kappa shape index (κ1) is 11.0. The lowest BCUT2D eigenvalue weighted by Crippen LogP contribution is -2.19. The highest BCUT2D eigenvalue weighted by atomic mass is 35.5. The maximum absolute atomic E-state index is 10.7. The predicted molar refractivity (Wildman–Crippen MR) is 59.9 cm³/mol. The average Bonchev–Trinajstić information content (AvgIpc) is 2.71. The summed E-state index contributed by atoms with van der Waals surface area (Å²) in [5, 5.41) is 13.1. The van der Waals surface area contributed by atoms with Crippen LogP contribution >= 0.6 is 11.6 Å². The predicted octanol–water partition coefficient (Wildman–Crippen LogP) is 2.23.